The first-order valence-electron chi connectivity index (χ1n) is 11.8. The van der Waals surface area contributed by atoms with Gasteiger partial charge in [-0.1, -0.05) is 105 Å². The van der Waals surface area contributed by atoms with Gasteiger partial charge in [0.2, 0.25) is 4.96 Å². The zero-order valence-corrected chi connectivity index (χ0v) is 21.0. The lowest BCUT2D eigenvalue weighted by atomic mass is 9.87. The summed E-state index contributed by atoms with van der Waals surface area (Å²) in [5, 5.41) is 4.50. The minimum Gasteiger partial charge on any atom is -0.303 e. The van der Waals surface area contributed by atoms with E-state index in [0.29, 0.717) is 27.4 Å². The van der Waals surface area contributed by atoms with Crippen LogP contribution in [-0.2, 0) is 16.8 Å². The van der Waals surface area contributed by atoms with Crippen molar-refractivity contribution in [2.75, 3.05) is 4.90 Å². The Kier molecular flexibility index (Phi) is 5.12. The largest absolute Gasteiger partial charge is 0.303 e. The van der Waals surface area contributed by atoms with E-state index in [0.717, 1.165) is 22.4 Å². The number of benzene rings is 3. The second-order valence-electron chi connectivity index (χ2n) is 9.96. The predicted molar refractivity (Wildman–Crippen MR) is 143 cm³/mol. The third-order valence-electron chi connectivity index (χ3n) is 6.50. The number of carbonyl (C=O) groups is 1. The molecule has 3 heterocycles. The van der Waals surface area contributed by atoms with Gasteiger partial charge in [0.05, 0.1) is 17.8 Å². The predicted octanol–water partition coefficient (Wildman–Crippen LogP) is 4.58. The molecule has 7 heteroatoms. The van der Waals surface area contributed by atoms with Gasteiger partial charge in [-0.2, -0.15) is 9.50 Å². The molecule has 3 aromatic carbocycles. The molecule has 0 fully saturated rings. The molecule has 1 amide bonds. The Labute approximate surface area is 212 Å². The molecule has 2 aromatic heterocycles. The Morgan fingerprint density at radius 3 is 2.25 bits per heavy atom. The van der Waals surface area contributed by atoms with E-state index < -0.39 is 0 Å². The summed E-state index contributed by atoms with van der Waals surface area (Å²) in [4.78, 5) is 33.9. The molecule has 5 aromatic rings. The number of hydrogen-bond donors (Lipinski definition) is 0. The van der Waals surface area contributed by atoms with E-state index >= 15 is 0 Å². The lowest BCUT2D eigenvalue weighted by Crippen LogP contribution is -2.32. The van der Waals surface area contributed by atoms with Gasteiger partial charge in [-0.15, -0.1) is 5.10 Å². The molecular formula is C29H24N4O2S. The van der Waals surface area contributed by atoms with Gasteiger partial charge in [-0.05, 0) is 22.6 Å². The molecule has 0 N–H and O–H groups in total. The number of para-hydroxylation sites is 1. The van der Waals surface area contributed by atoms with Crippen LogP contribution in [0.3, 0.4) is 0 Å². The molecule has 0 spiro atoms. The molecule has 0 bridgehead atoms. The van der Waals surface area contributed by atoms with Gasteiger partial charge >= 0.3 is 0 Å². The normalized spacial score (nSPS) is 15.1. The van der Waals surface area contributed by atoms with Crippen LogP contribution in [0.4, 0.5) is 5.69 Å². The Bertz CT molecular complexity index is 1730. The molecule has 0 saturated carbocycles. The second kappa shape index (κ2) is 8.24. The average Bonchev–Trinajstić information content (AvgIpc) is 3.51. The van der Waals surface area contributed by atoms with Crippen LogP contribution >= 0.6 is 11.3 Å². The SMILES string of the molecule is CC(C)(C)c1ccc(-c2nc3sc(=C4C(=O)N(Cc5ccccc5)c5ccccc54)c(=O)n3n2)cc1. The molecule has 0 atom stereocenters. The van der Waals surface area contributed by atoms with Crippen molar-refractivity contribution < 1.29 is 4.79 Å². The average molecular weight is 493 g/mol. The van der Waals surface area contributed by atoms with Crippen molar-refractivity contribution in [2.45, 2.75) is 32.7 Å². The van der Waals surface area contributed by atoms with Crippen LogP contribution < -0.4 is 15.0 Å². The summed E-state index contributed by atoms with van der Waals surface area (Å²) >= 11 is 1.21. The van der Waals surface area contributed by atoms with Crippen molar-refractivity contribution in [3.63, 3.8) is 0 Å². The summed E-state index contributed by atoms with van der Waals surface area (Å²) in [5.41, 5.74) is 4.80. The highest BCUT2D eigenvalue weighted by molar-refractivity contribution is 7.15. The number of hydrogen-bond acceptors (Lipinski definition) is 5. The van der Waals surface area contributed by atoms with Gasteiger partial charge in [0.15, 0.2) is 5.82 Å². The fourth-order valence-electron chi connectivity index (χ4n) is 4.55. The summed E-state index contributed by atoms with van der Waals surface area (Å²) in [6.07, 6.45) is 0. The van der Waals surface area contributed by atoms with Crippen LogP contribution in [0.5, 0.6) is 0 Å². The van der Waals surface area contributed by atoms with E-state index in [9.17, 15) is 9.59 Å². The molecule has 0 saturated heterocycles. The number of carbonyl (C=O) groups excluding carboxylic acids is 1. The third-order valence-corrected chi connectivity index (χ3v) is 7.53. The maximum absolute atomic E-state index is 13.6. The first-order valence-corrected chi connectivity index (χ1v) is 12.6. The van der Waals surface area contributed by atoms with Gasteiger partial charge in [0.1, 0.15) is 4.53 Å². The van der Waals surface area contributed by atoms with Crippen LogP contribution in [0.15, 0.2) is 83.7 Å². The fraction of sp³-hybridized carbons (Fsp3) is 0.172. The number of aromatic nitrogens is 3. The van der Waals surface area contributed by atoms with Crippen molar-refractivity contribution in [1.82, 2.24) is 14.6 Å². The molecule has 6 nitrogen and oxygen atoms in total. The highest BCUT2D eigenvalue weighted by atomic mass is 32.1. The van der Waals surface area contributed by atoms with Crippen LogP contribution in [0.2, 0.25) is 0 Å². The Morgan fingerprint density at radius 1 is 0.861 bits per heavy atom. The maximum Gasteiger partial charge on any atom is 0.291 e. The zero-order chi connectivity index (χ0) is 25.0. The van der Waals surface area contributed by atoms with Crippen LogP contribution in [0.25, 0.3) is 21.9 Å². The third kappa shape index (κ3) is 3.63. The van der Waals surface area contributed by atoms with Crippen LogP contribution in [0, 0.1) is 0 Å². The Morgan fingerprint density at radius 2 is 1.56 bits per heavy atom. The lowest BCUT2D eigenvalue weighted by Gasteiger charge is -2.18. The van der Waals surface area contributed by atoms with Gasteiger partial charge < -0.3 is 4.90 Å². The number of nitrogens with zero attached hydrogens (tertiary/aromatic N) is 4. The molecule has 36 heavy (non-hydrogen) atoms. The van der Waals surface area contributed by atoms with E-state index in [1.54, 1.807) is 4.90 Å². The lowest BCUT2D eigenvalue weighted by molar-refractivity contribution is -0.113. The van der Waals surface area contributed by atoms with E-state index in [2.05, 4.69) is 43.0 Å². The van der Waals surface area contributed by atoms with Gasteiger partial charge in [-0.3, -0.25) is 9.59 Å². The molecule has 1 aliphatic rings. The first kappa shape index (κ1) is 22.4. The fourth-order valence-corrected chi connectivity index (χ4v) is 5.55. The minimum atomic E-state index is -0.320. The number of amides is 1. The zero-order valence-electron chi connectivity index (χ0n) is 20.2. The highest BCUT2D eigenvalue weighted by Gasteiger charge is 2.34. The monoisotopic (exact) mass is 492 g/mol. The Balaban J connectivity index is 1.44. The van der Waals surface area contributed by atoms with E-state index in [-0.39, 0.29) is 16.9 Å². The number of anilines is 1. The van der Waals surface area contributed by atoms with Crippen molar-refractivity contribution >= 4 is 33.5 Å². The summed E-state index contributed by atoms with van der Waals surface area (Å²) in [6, 6.07) is 25.6. The van der Waals surface area contributed by atoms with Crippen molar-refractivity contribution in [3.05, 3.63) is 110 Å². The van der Waals surface area contributed by atoms with Crippen LogP contribution in [-0.4, -0.2) is 20.5 Å². The second-order valence-corrected chi connectivity index (χ2v) is 10.9. The maximum atomic E-state index is 13.6. The summed E-state index contributed by atoms with van der Waals surface area (Å²) in [6.45, 7) is 6.93. The van der Waals surface area contributed by atoms with E-state index in [4.69, 9.17) is 0 Å². The minimum absolute atomic E-state index is 0.0489. The number of rotatable bonds is 3. The molecule has 1 aliphatic heterocycles. The standard InChI is InChI=1S/C29H24N4O2S/c1-29(2,3)20-15-13-19(14-16-20)25-30-28-33(31-25)27(35)24(36-28)23-21-11-7-8-12-22(21)32(26(23)34)17-18-9-5-4-6-10-18/h4-16H,17H2,1-3H3. The van der Waals surface area contributed by atoms with Gasteiger partial charge in [0.25, 0.3) is 11.5 Å². The van der Waals surface area contributed by atoms with E-state index in [1.165, 1.54) is 21.4 Å². The Hall–Kier alpha value is -4.10. The number of thiazole rings is 1. The first-order chi connectivity index (χ1) is 17.3. The molecule has 6 rings (SSSR count). The molecule has 178 valence electrons. The quantitative estimate of drug-likeness (QED) is 0.370. The van der Waals surface area contributed by atoms with Crippen LogP contribution in [0.1, 0.15) is 37.5 Å². The topological polar surface area (TPSA) is 67.6 Å². The highest BCUT2D eigenvalue weighted by Crippen LogP contribution is 2.36. The van der Waals surface area contributed by atoms with Gasteiger partial charge in [-0.25, -0.2) is 0 Å². The molecule has 0 radical (unpaired) electrons. The molecule has 0 unspecified atom stereocenters. The number of fused-ring (bicyclic) bond motifs is 2. The van der Waals surface area contributed by atoms with Crippen molar-refractivity contribution in [3.8, 4) is 11.4 Å². The smallest absolute Gasteiger partial charge is 0.291 e. The van der Waals surface area contributed by atoms with Gasteiger partial charge in [0, 0.05) is 11.1 Å². The summed E-state index contributed by atoms with van der Waals surface area (Å²) < 4.78 is 1.68. The summed E-state index contributed by atoms with van der Waals surface area (Å²) in [7, 11) is 0. The van der Waals surface area contributed by atoms with Crippen molar-refractivity contribution in [2.24, 2.45) is 0 Å². The molecular weight excluding hydrogens is 468 g/mol. The van der Waals surface area contributed by atoms with Crippen molar-refractivity contribution in [1.29, 1.82) is 0 Å². The van der Waals surface area contributed by atoms with E-state index in [1.807, 2.05) is 66.7 Å². The molecule has 0 aliphatic carbocycles. The summed E-state index contributed by atoms with van der Waals surface area (Å²) in [5.74, 6) is 0.318.